The lowest BCUT2D eigenvalue weighted by Crippen LogP contribution is -2.43. The monoisotopic (exact) mass is 365 g/mol. The van der Waals surface area contributed by atoms with Gasteiger partial charge in [-0.2, -0.15) is 0 Å². The van der Waals surface area contributed by atoms with Gasteiger partial charge in [0.15, 0.2) is 0 Å². The Kier molecular flexibility index (Phi) is 5.30. The quantitative estimate of drug-likeness (QED) is 0.885. The number of ether oxygens (including phenoxy) is 1. The molecule has 0 spiro atoms. The maximum Gasteiger partial charge on any atom is 0.227 e. The molecule has 1 amide bonds. The van der Waals surface area contributed by atoms with Crippen LogP contribution in [-0.2, 0) is 17.8 Å². The number of nitrogens with zero attached hydrogens (tertiary/aromatic N) is 2. The molecule has 0 bridgehead atoms. The van der Waals surface area contributed by atoms with E-state index in [1.54, 1.807) is 0 Å². The minimum absolute atomic E-state index is 0.194. The van der Waals surface area contributed by atoms with Crippen molar-refractivity contribution in [3.63, 3.8) is 0 Å². The van der Waals surface area contributed by atoms with E-state index in [0.29, 0.717) is 19.6 Å². The van der Waals surface area contributed by atoms with Crippen LogP contribution < -0.4 is 19.9 Å². The van der Waals surface area contributed by atoms with Gasteiger partial charge in [0.1, 0.15) is 5.75 Å². The minimum atomic E-state index is 0.194. The predicted molar refractivity (Wildman–Crippen MR) is 109 cm³/mol. The molecule has 0 radical (unpaired) electrons. The van der Waals surface area contributed by atoms with Crippen LogP contribution in [0, 0.1) is 0 Å². The molecule has 142 valence electrons. The molecular formula is C22H27N3O2. The number of piperazine rings is 1. The number of amides is 1. The summed E-state index contributed by atoms with van der Waals surface area (Å²) >= 11 is 0. The van der Waals surface area contributed by atoms with Crippen LogP contribution >= 0.6 is 0 Å². The van der Waals surface area contributed by atoms with Gasteiger partial charge in [0, 0.05) is 50.0 Å². The Balaban J connectivity index is 1.64. The molecule has 0 atom stereocenters. The first kappa shape index (κ1) is 17.9. The van der Waals surface area contributed by atoms with Crippen molar-refractivity contribution >= 4 is 17.3 Å². The van der Waals surface area contributed by atoms with Crippen molar-refractivity contribution < 1.29 is 9.53 Å². The number of aryl methyl sites for hydroxylation is 1. The summed E-state index contributed by atoms with van der Waals surface area (Å²) in [4.78, 5) is 16.9. The number of para-hydroxylation sites is 1. The van der Waals surface area contributed by atoms with E-state index < -0.39 is 0 Å². The zero-order valence-corrected chi connectivity index (χ0v) is 15.9. The standard InChI is InChI=1S/C22H27N3O2/c1-2-27-20-14-17(13-19(15-20)24-11-9-23-10-12-24)16-25-21-6-4-3-5-18(21)7-8-22(25)26/h3-6,13-15,23H,2,7-12,16H2,1H3. The van der Waals surface area contributed by atoms with Crippen molar-refractivity contribution in [2.45, 2.75) is 26.3 Å². The van der Waals surface area contributed by atoms with E-state index in [0.717, 1.165) is 49.6 Å². The highest BCUT2D eigenvalue weighted by atomic mass is 16.5. The largest absolute Gasteiger partial charge is 0.494 e. The Morgan fingerprint density at radius 2 is 1.89 bits per heavy atom. The molecule has 27 heavy (non-hydrogen) atoms. The molecule has 1 fully saturated rings. The Morgan fingerprint density at radius 1 is 1.07 bits per heavy atom. The number of rotatable bonds is 5. The molecule has 4 rings (SSSR count). The maximum absolute atomic E-state index is 12.6. The third-order valence-electron chi connectivity index (χ3n) is 5.28. The van der Waals surface area contributed by atoms with Crippen LogP contribution in [0.15, 0.2) is 42.5 Å². The van der Waals surface area contributed by atoms with Crippen molar-refractivity contribution in [1.29, 1.82) is 0 Å². The van der Waals surface area contributed by atoms with Gasteiger partial charge in [-0.25, -0.2) is 0 Å². The highest BCUT2D eigenvalue weighted by Gasteiger charge is 2.24. The highest BCUT2D eigenvalue weighted by molar-refractivity contribution is 5.96. The molecule has 0 aromatic heterocycles. The molecule has 5 nitrogen and oxygen atoms in total. The van der Waals surface area contributed by atoms with E-state index in [4.69, 9.17) is 4.74 Å². The number of anilines is 2. The van der Waals surface area contributed by atoms with Crippen molar-refractivity contribution in [2.24, 2.45) is 0 Å². The number of hydrogen-bond acceptors (Lipinski definition) is 4. The van der Waals surface area contributed by atoms with Gasteiger partial charge in [-0.3, -0.25) is 4.79 Å². The van der Waals surface area contributed by atoms with Gasteiger partial charge in [0.05, 0.1) is 13.2 Å². The number of hydrogen-bond donors (Lipinski definition) is 1. The lowest BCUT2D eigenvalue weighted by molar-refractivity contribution is -0.119. The van der Waals surface area contributed by atoms with Crippen LogP contribution in [0.25, 0.3) is 0 Å². The molecule has 1 N–H and O–H groups in total. The van der Waals surface area contributed by atoms with E-state index in [2.05, 4.69) is 40.5 Å². The summed E-state index contributed by atoms with van der Waals surface area (Å²) in [7, 11) is 0. The Labute approximate surface area is 160 Å². The fourth-order valence-electron chi connectivity index (χ4n) is 3.94. The predicted octanol–water partition coefficient (Wildman–Crippen LogP) is 2.97. The molecule has 1 saturated heterocycles. The first-order valence-corrected chi connectivity index (χ1v) is 9.85. The molecular weight excluding hydrogens is 338 g/mol. The van der Waals surface area contributed by atoms with Crippen molar-refractivity contribution in [3.8, 4) is 5.75 Å². The van der Waals surface area contributed by atoms with Crippen molar-refractivity contribution in [2.75, 3.05) is 42.6 Å². The Morgan fingerprint density at radius 3 is 2.70 bits per heavy atom. The van der Waals surface area contributed by atoms with Gasteiger partial charge in [-0.1, -0.05) is 18.2 Å². The van der Waals surface area contributed by atoms with Crippen LogP contribution in [0.5, 0.6) is 5.75 Å². The summed E-state index contributed by atoms with van der Waals surface area (Å²) in [6, 6.07) is 14.6. The molecule has 2 aromatic carbocycles. The summed E-state index contributed by atoms with van der Waals surface area (Å²) in [6.45, 7) is 7.17. The van der Waals surface area contributed by atoms with Gasteiger partial charge < -0.3 is 19.9 Å². The number of benzene rings is 2. The average Bonchev–Trinajstić information content (AvgIpc) is 2.71. The van der Waals surface area contributed by atoms with E-state index in [1.807, 2.05) is 24.0 Å². The lowest BCUT2D eigenvalue weighted by Gasteiger charge is -2.32. The Hall–Kier alpha value is -2.53. The number of nitrogens with one attached hydrogen (secondary N) is 1. The van der Waals surface area contributed by atoms with Crippen molar-refractivity contribution in [3.05, 3.63) is 53.6 Å². The fraction of sp³-hybridized carbons (Fsp3) is 0.409. The molecule has 5 heteroatoms. The smallest absolute Gasteiger partial charge is 0.227 e. The molecule has 2 heterocycles. The Bertz CT molecular complexity index is 815. The third kappa shape index (κ3) is 3.93. The number of carbonyl (C=O) groups excluding carboxylic acids is 1. The summed E-state index contributed by atoms with van der Waals surface area (Å²) in [5.74, 6) is 1.07. The second kappa shape index (κ2) is 8.01. The van der Waals surface area contributed by atoms with Crippen molar-refractivity contribution in [1.82, 2.24) is 5.32 Å². The summed E-state index contributed by atoms with van der Waals surface area (Å²) < 4.78 is 5.82. The molecule has 0 unspecified atom stereocenters. The van der Waals surface area contributed by atoms with E-state index in [-0.39, 0.29) is 5.91 Å². The number of fused-ring (bicyclic) bond motifs is 1. The third-order valence-corrected chi connectivity index (χ3v) is 5.28. The van der Waals surface area contributed by atoms with Crippen LogP contribution in [-0.4, -0.2) is 38.7 Å². The van der Waals surface area contributed by atoms with E-state index in [1.165, 1.54) is 11.3 Å². The van der Waals surface area contributed by atoms with Crippen LogP contribution in [0.4, 0.5) is 11.4 Å². The second-order valence-electron chi connectivity index (χ2n) is 7.11. The van der Waals surface area contributed by atoms with Gasteiger partial charge in [-0.05, 0) is 42.7 Å². The second-order valence-corrected chi connectivity index (χ2v) is 7.11. The van der Waals surface area contributed by atoms with Gasteiger partial charge in [0.25, 0.3) is 0 Å². The maximum atomic E-state index is 12.6. The van der Waals surface area contributed by atoms with Gasteiger partial charge in [0.2, 0.25) is 5.91 Å². The lowest BCUT2D eigenvalue weighted by atomic mass is 10.0. The fourth-order valence-corrected chi connectivity index (χ4v) is 3.94. The van der Waals surface area contributed by atoms with Crippen LogP contribution in [0.2, 0.25) is 0 Å². The first-order chi connectivity index (χ1) is 13.2. The molecule has 2 aliphatic heterocycles. The van der Waals surface area contributed by atoms with Gasteiger partial charge >= 0.3 is 0 Å². The van der Waals surface area contributed by atoms with E-state index in [9.17, 15) is 4.79 Å². The summed E-state index contributed by atoms with van der Waals surface area (Å²) in [5.41, 5.74) is 4.58. The average molecular weight is 365 g/mol. The minimum Gasteiger partial charge on any atom is -0.494 e. The zero-order chi connectivity index (χ0) is 18.6. The zero-order valence-electron chi connectivity index (χ0n) is 15.9. The van der Waals surface area contributed by atoms with Crippen LogP contribution in [0.3, 0.4) is 0 Å². The topological polar surface area (TPSA) is 44.8 Å². The number of carbonyl (C=O) groups is 1. The van der Waals surface area contributed by atoms with Gasteiger partial charge in [-0.15, -0.1) is 0 Å². The normalized spacial score (nSPS) is 17.0. The van der Waals surface area contributed by atoms with Crippen LogP contribution in [0.1, 0.15) is 24.5 Å². The molecule has 0 saturated carbocycles. The summed E-state index contributed by atoms with van der Waals surface area (Å²) in [6.07, 6.45) is 1.41. The molecule has 2 aliphatic rings. The first-order valence-electron chi connectivity index (χ1n) is 9.85. The summed E-state index contributed by atoms with van der Waals surface area (Å²) in [5, 5.41) is 3.40. The highest BCUT2D eigenvalue weighted by Crippen LogP contribution is 2.31. The van der Waals surface area contributed by atoms with E-state index >= 15 is 0 Å². The molecule has 2 aromatic rings. The molecule has 0 aliphatic carbocycles. The SMILES string of the molecule is CCOc1cc(CN2C(=O)CCc3ccccc32)cc(N2CCNCC2)c1.